The molecule has 1 heterocycles. The number of ether oxygens (including phenoxy) is 2. The first kappa shape index (κ1) is 24.1. The fraction of sp³-hybridized carbons (Fsp3) is 0.241. The van der Waals surface area contributed by atoms with E-state index in [1.165, 1.54) is 12.0 Å². The number of para-hydroxylation sites is 1. The van der Waals surface area contributed by atoms with Crippen LogP contribution in [0.5, 0.6) is 11.5 Å². The lowest BCUT2D eigenvalue weighted by molar-refractivity contribution is -0.132. The Labute approximate surface area is 205 Å². The fourth-order valence-corrected chi connectivity index (χ4v) is 4.49. The van der Waals surface area contributed by atoms with E-state index in [0.717, 1.165) is 11.1 Å². The summed E-state index contributed by atoms with van der Waals surface area (Å²) in [5.74, 6) is -0.656. The molecule has 1 N–H and O–H groups in total. The van der Waals surface area contributed by atoms with Gasteiger partial charge in [-0.2, -0.15) is 0 Å². The van der Waals surface area contributed by atoms with Crippen molar-refractivity contribution in [3.05, 3.63) is 94.6 Å². The van der Waals surface area contributed by atoms with Crippen LogP contribution in [0.2, 0.25) is 0 Å². The number of nitrogens with zero attached hydrogens (tertiary/aromatic N) is 1. The minimum atomic E-state index is -0.873. The summed E-state index contributed by atoms with van der Waals surface area (Å²) in [5.41, 5.74) is 3.48. The second kappa shape index (κ2) is 9.66. The van der Waals surface area contributed by atoms with E-state index in [-0.39, 0.29) is 17.4 Å². The molecule has 180 valence electrons. The molecule has 1 aliphatic rings. The van der Waals surface area contributed by atoms with Gasteiger partial charge in [0.15, 0.2) is 0 Å². The zero-order valence-electron chi connectivity index (χ0n) is 20.5. The van der Waals surface area contributed by atoms with Crippen LogP contribution in [-0.4, -0.2) is 30.0 Å². The molecule has 4 rings (SSSR count). The molecule has 1 aliphatic heterocycles. The van der Waals surface area contributed by atoms with Crippen LogP contribution in [0, 0.1) is 13.8 Å². The quantitative estimate of drug-likeness (QED) is 0.282. The van der Waals surface area contributed by atoms with Gasteiger partial charge in [0, 0.05) is 16.8 Å². The number of aliphatic hydroxyl groups excluding tert-OH is 1. The van der Waals surface area contributed by atoms with Crippen molar-refractivity contribution in [2.45, 2.75) is 39.8 Å². The molecule has 3 aromatic rings. The highest BCUT2D eigenvalue weighted by Crippen LogP contribution is 2.45. The summed E-state index contributed by atoms with van der Waals surface area (Å²) in [5, 5.41) is 11.4. The van der Waals surface area contributed by atoms with Crippen LogP contribution in [-0.2, 0) is 9.59 Å². The predicted molar refractivity (Wildman–Crippen MR) is 136 cm³/mol. The molecule has 1 atom stereocenters. The van der Waals surface area contributed by atoms with E-state index in [4.69, 9.17) is 9.47 Å². The Hall–Kier alpha value is -4.06. The zero-order chi connectivity index (χ0) is 25.3. The van der Waals surface area contributed by atoms with Crippen LogP contribution in [0.1, 0.15) is 42.1 Å². The number of amides is 1. The number of ketones is 1. The molecule has 0 bridgehead atoms. The fourth-order valence-electron chi connectivity index (χ4n) is 4.49. The van der Waals surface area contributed by atoms with Gasteiger partial charge in [-0.3, -0.25) is 14.5 Å². The predicted octanol–water partition coefficient (Wildman–Crippen LogP) is 5.73. The van der Waals surface area contributed by atoms with Crippen molar-refractivity contribution in [1.82, 2.24) is 0 Å². The third-order valence-corrected chi connectivity index (χ3v) is 5.97. The third kappa shape index (κ3) is 4.52. The summed E-state index contributed by atoms with van der Waals surface area (Å²) < 4.78 is 11.3. The average Bonchev–Trinajstić information content (AvgIpc) is 3.08. The first-order chi connectivity index (χ1) is 16.7. The lowest BCUT2D eigenvalue weighted by Gasteiger charge is -2.28. The molecule has 6 heteroatoms. The van der Waals surface area contributed by atoms with Gasteiger partial charge in [-0.05, 0) is 57.5 Å². The van der Waals surface area contributed by atoms with Crippen molar-refractivity contribution in [3.8, 4) is 11.5 Å². The highest BCUT2D eigenvalue weighted by molar-refractivity contribution is 6.51. The van der Waals surface area contributed by atoms with Crippen molar-refractivity contribution in [2.75, 3.05) is 12.0 Å². The number of Topliss-reactive ketones (excluding diaryl/α,β-unsaturated/α-hetero) is 1. The number of anilines is 1. The van der Waals surface area contributed by atoms with Gasteiger partial charge in [-0.1, -0.05) is 48.0 Å². The SMILES string of the molecule is COc1ccccc1C1/C(=C(\O)c2cccc(OC(C)C)c2)C(=O)C(=O)N1c1ccc(C)cc1C. The molecule has 1 fully saturated rings. The van der Waals surface area contributed by atoms with Gasteiger partial charge in [0.1, 0.15) is 17.3 Å². The van der Waals surface area contributed by atoms with Crippen molar-refractivity contribution in [2.24, 2.45) is 0 Å². The van der Waals surface area contributed by atoms with Crippen molar-refractivity contribution < 1.29 is 24.2 Å². The number of carbonyl (C=O) groups excluding carboxylic acids is 2. The van der Waals surface area contributed by atoms with Crippen LogP contribution in [0.4, 0.5) is 5.69 Å². The summed E-state index contributed by atoms with van der Waals surface area (Å²) in [7, 11) is 1.54. The minimum absolute atomic E-state index is 0.00109. The Bertz CT molecular complexity index is 1320. The third-order valence-electron chi connectivity index (χ3n) is 5.97. The first-order valence-electron chi connectivity index (χ1n) is 11.5. The number of hydrogen-bond donors (Lipinski definition) is 1. The van der Waals surface area contributed by atoms with Gasteiger partial charge in [0.25, 0.3) is 11.7 Å². The molecule has 0 aliphatic carbocycles. The molecule has 1 amide bonds. The van der Waals surface area contributed by atoms with Gasteiger partial charge < -0.3 is 14.6 Å². The van der Waals surface area contributed by atoms with Crippen molar-refractivity contribution in [1.29, 1.82) is 0 Å². The largest absolute Gasteiger partial charge is 0.507 e. The van der Waals surface area contributed by atoms with E-state index in [0.29, 0.717) is 28.3 Å². The highest BCUT2D eigenvalue weighted by Gasteiger charge is 2.48. The van der Waals surface area contributed by atoms with E-state index >= 15 is 0 Å². The Kier molecular flexibility index (Phi) is 6.65. The van der Waals surface area contributed by atoms with Crippen LogP contribution >= 0.6 is 0 Å². The number of methoxy groups -OCH3 is 1. The Morgan fingerprint density at radius 3 is 2.40 bits per heavy atom. The van der Waals surface area contributed by atoms with E-state index in [9.17, 15) is 14.7 Å². The molecular weight excluding hydrogens is 442 g/mol. The summed E-state index contributed by atoms with van der Waals surface area (Å²) in [6, 6.07) is 18.9. The van der Waals surface area contributed by atoms with E-state index < -0.39 is 17.7 Å². The van der Waals surface area contributed by atoms with E-state index in [1.807, 2.05) is 58.0 Å². The molecule has 0 spiro atoms. The number of aryl methyl sites for hydroxylation is 2. The molecule has 3 aromatic carbocycles. The number of carbonyl (C=O) groups is 2. The van der Waals surface area contributed by atoms with Gasteiger partial charge in [-0.25, -0.2) is 0 Å². The lowest BCUT2D eigenvalue weighted by atomic mass is 9.94. The van der Waals surface area contributed by atoms with Crippen LogP contribution in [0.25, 0.3) is 5.76 Å². The number of benzene rings is 3. The number of hydrogen-bond acceptors (Lipinski definition) is 5. The summed E-state index contributed by atoms with van der Waals surface area (Å²) in [6.07, 6.45) is -0.0592. The van der Waals surface area contributed by atoms with E-state index in [2.05, 4.69) is 0 Å². The van der Waals surface area contributed by atoms with Gasteiger partial charge in [-0.15, -0.1) is 0 Å². The highest BCUT2D eigenvalue weighted by atomic mass is 16.5. The molecule has 0 saturated carbocycles. The minimum Gasteiger partial charge on any atom is -0.507 e. The normalized spacial score (nSPS) is 17.2. The van der Waals surface area contributed by atoms with Gasteiger partial charge in [0.2, 0.25) is 0 Å². The van der Waals surface area contributed by atoms with Gasteiger partial charge >= 0.3 is 0 Å². The second-order valence-corrected chi connectivity index (χ2v) is 8.90. The molecule has 35 heavy (non-hydrogen) atoms. The zero-order valence-corrected chi connectivity index (χ0v) is 20.5. The van der Waals surface area contributed by atoms with Gasteiger partial charge in [0.05, 0.1) is 24.8 Å². The number of aliphatic hydroxyl groups is 1. The topological polar surface area (TPSA) is 76.1 Å². The molecule has 6 nitrogen and oxygen atoms in total. The molecule has 0 radical (unpaired) electrons. The lowest BCUT2D eigenvalue weighted by Crippen LogP contribution is -2.30. The average molecular weight is 472 g/mol. The smallest absolute Gasteiger partial charge is 0.300 e. The second-order valence-electron chi connectivity index (χ2n) is 8.90. The van der Waals surface area contributed by atoms with Crippen LogP contribution in [0.3, 0.4) is 0 Å². The van der Waals surface area contributed by atoms with Crippen LogP contribution in [0.15, 0.2) is 72.3 Å². The molecular formula is C29H29NO5. The molecule has 0 aromatic heterocycles. The number of rotatable bonds is 6. The summed E-state index contributed by atoms with van der Waals surface area (Å²) in [4.78, 5) is 28.4. The maximum atomic E-state index is 13.5. The Morgan fingerprint density at radius 2 is 1.71 bits per heavy atom. The standard InChI is InChI=1S/C29H29NO5/c1-17(2)35-21-10-8-9-20(16-21)27(31)25-26(22-11-6-7-12-24(22)34-5)30(29(33)28(25)32)23-14-13-18(3)15-19(23)4/h6-17,26,31H,1-5H3/b27-25+. The summed E-state index contributed by atoms with van der Waals surface area (Å²) in [6.45, 7) is 7.68. The Balaban J connectivity index is 1.97. The van der Waals surface area contributed by atoms with Crippen molar-refractivity contribution in [3.63, 3.8) is 0 Å². The van der Waals surface area contributed by atoms with Crippen LogP contribution < -0.4 is 14.4 Å². The Morgan fingerprint density at radius 1 is 0.971 bits per heavy atom. The maximum absolute atomic E-state index is 13.5. The van der Waals surface area contributed by atoms with Crippen molar-refractivity contribution >= 4 is 23.1 Å². The monoisotopic (exact) mass is 471 g/mol. The summed E-state index contributed by atoms with van der Waals surface area (Å²) >= 11 is 0. The van der Waals surface area contributed by atoms with E-state index in [1.54, 1.807) is 36.4 Å². The maximum Gasteiger partial charge on any atom is 0.300 e. The molecule has 1 unspecified atom stereocenters. The molecule has 1 saturated heterocycles. The first-order valence-corrected chi connectivity index (χ1v) is 11.5.